The standard InChI is InChI=1S/C14H18N4O/c1-10-4-6-11(7-5-10)9-17(2)14(19)12-8-16-18(3)13(12)15/h4-8H,9,15H2,1-3H3. The van der Waals surface area contributed by atoms with Gasteiger partial charge in [-0.15, -0.1) is 0 Å². The van der Waals surface area contributed by atoms with E-state index in [4.69, 9.17) is 5.73 Å². The van der Waals surface area contributed by atoms with Gasteiger partial charge in [0.25, 0.3) is 5.91 Å². The summed E-state index contributed by atoms with van der Waals surface area (Å²) in [6, 6.07) is 8.11. The maximum Gasteiger partial charge on any atom is 0.259 e. The minimum absolute atomic E-state index is 0.119. The second-order valence-corrected chi connectivity index (χ2v) is 4.71. The summed E-state index contributed by atoms with van der Waals surface area (Å²) in [5, 5.41) is 3.98. The maximum absolute atomic E-state index is 12.2. The Labute approximate surface area is 112 Å². The van der Waals surface area contributed by atoms with Crippen LogP contribution >= 0.6 is 0 Å². The van der Waals surface area contributed by atoms with Crippen LogP contribution < -0.4 is 5.73 Å². The van der Waals surface area contributed by atoms with Gasteiger partial charge < -0.3 is 10.6 Å². The average molecular weight is 258 g/mol. The molecular weight excluding hydrogens is 240 g/mol. The van der Waals surface area contributed by atoms with Crippen LogP contribution in [0.1, 0.15) is 21.5 Å². The van der Waals surface area contributed by atoms with Crippen LogP contribution in [0.2, 0.25) is 0 Å². The number of amides is 1. The number of hydrogen-bond acceptors (Lipinski definition) is 3. The Morgan fingerprint density at radius 2 is 2.00 bits per heavy atom. The van der Waals surface area contributed by atoms with Gasteiger partial charge in [0.2, 0.25) is 0 Å². The number of benzene rings is 1. The summed E-state index contributed by atoms with van der Waals surface area (Å²) in [5.74, 6) is 0.270. The van der Waals surface area contributed by atoms with E-state index >= 15 is 0 Å². The third kappa shape index (κ3) is 2.76. The molecule has 1 heterocycles. The van der Waals surface area contributed by atoms with E-state index in [1.807, 2.05) is 31.2 Å². The Morgan fingerprint density at radius 3 is 2.53 bits per heavy atom. The van der Waals surface area contributed by atoms with Crippen LogP contribution in [0.5, 0.6) is 0 Å². The molecule has 0 aliphatic rings. The summed E-state index contributed by atoms with van der Waals surface area (Å²) >= 11 is 0. The first-order valence-corrected chi connectivity index (χ1v) is 6.07. The zero-order chi connectivity index (χ0) is 14.0. The number of nitrogen functional groups attached to an aromatic ring is 1. The zero-order valence-corrected chi connectivity index (χ0v) is 11.4. The number of aryl methyl sites for hydroxylation is 2. The van der Waals surface area contributed by atoms with Crippen molar-refractivity contribution in [1.82, 2.24) is 14.7 Å². The van der Waals surface area contributed by atoms with Crippen molar-refractivity contribution in [3.8, 4) is 0 Å². The van der Waals surface area contributed by atoms with Crippen molar-refractivity contribution in [3.63, 3.8) is 0 Å². The molecule has 2 aromatic rings. The van der Waals surface area contributed by atoms with Gasteiger partial charge in [-0.3, -0.25) is 9.48 Å². The molecule has 2 rings (SSSR count). The maximum atomic E-state index is 12.2. The monoisotopic (exact) mass is 258 g/mol. The van der Waals surface area contributed by atoms with Crippen LogP contribution in [0.4, 0.5) is 5.82 Å². The fourth-order valence-corrected chi connectivity index (χ4v) is 1.86. The number of anilines is 1. The molecule has 0 unspecified atom stereocenters. The highest BCUT2D eigenvalue weighted by Gasteiger charge is 2.17. The predicted octanol–water partition coefficient (Wildman–Crippen LogP) is 1.58. The Bertz CT molecular complexity index is 586. The van der Waals surface area contributed by atoms with Crippen molar-refractivity contribution in [2.75, 3.05) is 12.8 Å². The van der Waals surface area contributed by atoms with E-state index in [0.717, 1.165) is 5.56 Å². The van der Waals surface area contributed by atoms with Crippen LogP contribution in [-0.2, 0) is 13.6 Å². The van der Waals surface area contributed by atoms with E-state index < -0.39 is 0 Å². The summed E-state index contributed by atoms with van der Waals surface area (Å²) in [5.41, 5.74) is 8.54. The van der Waals surface area contributed by atoms with Crippen LogP contribution in [0.25, 0.3) is 0 Å². The number of aromatic nitrogens is 2. The molecule has 5 nitrogen and oxygen atoms in total. The molecule has 0 saturated heterocycles. The fraction of sp³-hybridized carbons (Fsp3) is 0.286. The van der Waals surface area contributed by atoms with Gasteiger partial charge in [0.15, 0.2) is 0 Å². The van der Waals surface area contributed by atoms with Crippen molar-refractivity contribution < 1.29 is 4.79 Å². The fourth-order valence-electron chi connectivity index (χ4n) is 1.86. The van der Waals surface area contributed by atoms with Gasteiger partial charge in [-0.25, -0.2) is 0 Å². The molecule has 0 spiro atoms. The number of hydrogen-bond donors (Lipinski definition) is 1. The lowest BCUT2D eigenvalue weighted by atomic mass is 10.1. The van der Waals surface area contributed by atoms with E-state index in [2.05, 4.69) is 5.10 Å². The molecule has 0 fully saturated rings. The highest BCUT2D eigenvalue weighted by Crippen LogP contribution is 2.14. The van der Waals surface area contributed by atoms with E-state index in [1.54, 1.807) is 19.0 Å². The Morgan fingerprint density at radius 1 is 1.37 bits per heavy atom. The quantitative estimate of drug-likeness (QED) is 0.909. The van der Waals surface area contributed by atoms with Crippen LogP contribution in [-0.4, -0.2) is 27.6 Å². The predicted molar refractivity (Wildman–Crippen MR) is 74.6 cm³/mol. The highest BCUT2D eigenvalue weighted by atomic mass is 16.2. The average Bonchev–Trinajstić information content (AvgIpc) is 2.72. The first-order valence-electron chi connectivity index (χ1n) is 6.07. The summed E-state index contributed by atoms with van der Waals surface area (Å²) in [6.45, 7) is 2.59. The SMILES string of the molecule is Cc1ccc(CN(C)C(=O)c2cnn(C)c2N)cc1. The molecule has 19 heavy (non-hydrogen) atoms. The zero-order valence-electron chi connectivity index (χ0n) is 11.4. The van der Waals surface area contributed by atoms with Crippen molar-refractivity contribution >= 4 is 11.7 Å². The molecule has 5 heteroatoms. The first-order chi connectivity index (χ1) is 8.99. The van der Waals surface area contributed by atoms with Gasteiger partial charge in [-0.2, -0.15) is 5.10 Å². The third-order valence-corrected chi connectivity index (χ3v) is 3.10. The molecule has 0 aliphatic heterocycles. The largest absolute Gasteiger partial charge is 0.383 e. The van der Waals surface area contributed by atoms with Crippen molar-refractivity contribution in [2.24, 2.45) is 7.05 Å². The van der Waals surface area contributed by atoms with E-state index in [0.29, 0.717) is 17.9 Å². The Balaban J connectivity index is 2.11. The molecule has 1 amide bonds. The van der Waals surface area contributed by atoms with Gasteiger partial charge in [0.05, 0.1) is 6.20 Å². The van der Waals surface area contributed by atoms with Gasteiger partial charge in [0.1, 0.15) is 11.4 Å². The van der Waals surface area contributed by atoms with Crippen LogP contribution in [0.3, 0.4) is 0 Å². The van der Waals surface area contributed by atoms with Gasteiger partial charge >= 0.3 is 0 Å². The summed E-state index contributed by atoms with van der Waals surface area (Å²) in [7, 11) is 3.47. The molecule has 0 saturated carbocycles. The topological polar surface area (TPSA) is 64.2 Å². The Hall–Kier alpha value is -2.30. The smallest absolute Gasteiger partial charge is 0.259 e. The lowest BCUT2D eigenvalue weighted by molar-refractivity contribution is 0.0786. The molecule has 1 aromatic heterocycles. The number of carbonyl (C=O) groups is 1. The number of nitrogens with two attached hydrogens (primary N) is 1. The highest BCUT2D eigenvalue weighted by molar-refractivity contribution is 5.98. The molecule has 2 N–H and O–H groups in total. The summed E-state index contributed by atoms with van der Waals surface area (Å²) < 4.78 is 1.49. The Kier molecular flexibility index (Phi) is 3.55. The van der Waals surface area contributed by atoms with Gasteiger partial charge in [-0.1, -0.05) is 29.8 Å². The second kappa shape index (κ2) is 5.14. The molecule has 100 valence electrons. The lowest BCUT2D eigenvalue weighted by Crippen LogP contribution is -2.26. The van der Waals surface area contributed by atoms with E-state index in [9.17, 15) is 4.79 Å². The van der Waals surface area contributed by atoms with Gasteiger partial charge in [0, 0.05) is 20.6 Å². The number of carbonyl (C=O) groups excluding carboxylic acids is 1. The third-order valence-electron chi connectivity index (χ3n) is 3.10. The molecule has 1 aromatic carbocycles. The molecule has 0 radical (unpaired) electrons. The normalized spacial score (nSPS) is 10.5. The number of nitrogens with zero attached hydrogens (tertiary/aromatic N) is 3. The molecular formula is C14H18N4O. The summed E-state index contributed by atoms with van der Waals surface area (Å²) in [6.07, 6.45) is 1.50. The van der Waals surface area contributed by atoms with E-state index in [1.165, 1.54) is 16.4 Å². The number of rotatable bonds is 3. The molecule has 0 aliphatic carbocycles. The lowest BCUT2D eigenvalue weighted by Gasteiger charge is -2.17. The van der Waals surface area contributed by atoms with Crippen LogP contribution in [0, 0.1) is 6.92 Å². The first kappa shape index (κ1) is 13.1. The van der Waals surface area contributed by atoms with Crippen molar-refractivity contribution in [3.05, 3.63) is 47.2 Å². The van der Waals surface area contributed by atoms with Crippen molar-refractivity contribution in [2.45, 2.75) is 13.5 Å². The summed E-state index contributed by atoms with van der Waals surface area (Å²) in [4.78, 5) is 13.9. The minimum Gasteiger partial charge on any atom is -0.383 e. The second-order valence-electron chi connectivity index (χ2n) is 4.71. The van der Waals surface area contributed by atoms with Crippen LogP contribution in [0.15, 0.2) is 30.5 Å². The molecule has 0 bridgehead atoms. The van der Waals surface area contributed by atoms with Gasteiger partial charge in [-0.05, 0) is 12.5 Å². The van der Waals surface area contributed by atoms with Crippen molar-refractivity contribution in [1.29, 1.82) is 0 Å². The molecule has 0 atom stereocenters. The minimum atomic E-state index is -0.119. The van der Waals surface area contributed by atoms with E-state index in [-0.39, 0.29) is 5.91 Å².